The summed E-state index contributed by atoms with van der Waals surface area (Å²) < 4.78 is 0. The normalized spacial score (nSPS) is 28.7. The molecule has 3 unspecified atom stereocenters. The van der Waals surface area contributed by atoms with Crippen molar-refractivity contribution in [1.29, 1.82) is 0 Å². The highest BCUT2D eigenvalue weighted by atomic mass is 16.2. The second-order valence-corrected chi connectivity index (χ2v) is 9.17. The number of nitrogens with zero attached hydrogens (tertiary/aromatic N) is 1. The van der Waals surface area contributed by atoms with Gasteiger partial charge < -0.3 is 20.9 Å². The Morgan fingerprint density at radius 3 is 2.66 bits per heavy atom. The lowest BCUT2D eigenvalue weighted by molar-refractivity contribution is -0.145. The zero-order valence-electron chi connectivity index (χ0n) is 19.0. The average molecular weight is 442 g/mol. The summed E-state index contributed by atoms with van der Waals surface area (Å²) in [6, 6.07) is 6.75. The van der Waals surface area contributed by atoms with Crippen molar-refractivity contribution in [3.8, 4) is 0 Å². The van der Waals surface area contributed by atoms with Crippen LogP contribution < -0.4 is 21.3 Å². The van der Waals surface area contributed by atoms with E-state index >= 15 is 0 Å². The minimum atomic E-state index is -0.605. The van der Waals surface area contributed by atoms with E-state index < -0.39 is 12.1 Å². The van der Waals surface area contributed by atoms with E-state index in [1.807, 2.05) is 12.1 Å². The third kappa shape index (κ3) is 4.66. The summed E-state index contributed by atoms with van der Waals surface area (Å²) in [4.78, 5) is 41.0. The number of nitrogens with one attached hydrogen (secondary N) is 4. The van der Waals surface area contributed by atoms with Crippen molar-refractivity contribution in [2.45, 2.75) is 82.2 Å². The van der Waals surface area contributed by atoms with Crippen LogP contribution in [-0.2, 0) is 20.8 Å². The first-order valence-corrected chi connectivity index (χ1v) is 11.9. The van der Waals surface area contributed by atoms with Gasteiger partial charge in [0.2, 0.25) is 17.7 Å². The number of hydrogen-bond acceptors (Lipinski definition) is 5. The summed E-state index contributed by atoms with van der Waals surface area (Å²) >= 11 is 0. The molecule has 32 heavy (non-hydrogen) atoms. The van der Waals surface area contributed by atoms with Gasteiger partial charge in [-0.25, -0.2) is 0 Å². The SMILES string of the molecule is CN[C@@H](C)C(=O)N[C@H]1CCCNC2CCC(C(=O)NC3CCCc4ccccc43)N2C1=O. The second kappa shape index (κ2) is 10.0. The Bertz CT molecular complexity index is 860. The van der Waals surface area contributed by atoms with Crippen LogP contribution in [0, 0.1) is 0 Å². The number of carbonyl (C=O) groups excluding carboxylic acids is 3. The molecule has 0 saturated carbocycles. The van der Waals surface area contributed by atoms with Gasteiger partial charge in [-0.15, -0.1) is 0 Å². The Morgan fingerprint density at radius 1 is 1.06 bits per heavy atom. The van der Waals surface area contributed by atoms with Gasteiger partial charge in [0.15, 0.2) is 0 Å². The van der Waals surface area contributed by atoms with Crippen LogP contribution >= 0.6 is 0 Å². The molecule has 5 atom stereocenters. The first kappa shape index (κ1) is 22.7. The smallest absolute Gasteiger partial charge is 0.247 e. The Labute approximate surface area is 189 Å². The molecule has 1 aliphatic carbocycles. The van der Waals surface area contributed by atoms with Crippen molar-refractivity contribution < 1.29 is 14.4 Å². The van der Waals surface area contributed by atoms with Crippen molar-refractivity contribution in [2.75, 3.05) is 13.6 Å². The molecule has 0 spiro atoms. The summed E-state index contributed by atoms with van der Waals surface area (Å²) in [5.41, 5.74) is 2.48. The van der Waals surface area contributed by atoms with E-state index in [1.165, 1.54) is 11.1 Å². The molecular weight excluding hydrogens is 406 g/mol. The van der Waals surface area contributed by atoms with Crippen LogP contribution in [0.1, 0.15) is 62.6 Å². The van der Waals surface area contributed by atoms with Crippen LogP contribution in [0.3, 0.4) is 0 Å². The van der Waals surface area contributed by atoms with E-state index in [9.17, 15) is 14.4 Å². The highest BCUT2D eigenvalue weighted by molar-refractivity contribution is 5.93. The van der Waals surface area contributed by atoms with Gasteiger partial charge in [-0.2, -0.15) is 0 Å². The number of likely N-dealkylation sites (N-methyl/N-ethyl adjacent to an activating group) is 1. The third-order valence-electron chi connectivity index (χ3n) is 7.12. The summed E-state index contributed by atoms with van der Waals surface area (Å²) in [5, 5.41) is 12.5. The van der Waals surface area contributed by atoms with E-state index in [4.69, 9.17) is 0 Å². The molecule has 8 heteroatoms. The van der Waals surface area contributed by atoms with Crippen LogP contribution in [0.25, 0.3) is 0 Å². The molecule has 3 aliphatic rings. The van der Waals surface area contributed by atoms with Crippen LogP contribution in [0.5, 0.6) is 0 Å². The maximum atomic E-state index is 13.5. The van der Waals surface area contributed by atoms with Gasteiger partial charge >= 0.3 is 0 Å². The molecule has 2 saturated heterocycles. The van der Waals surface area contributed by atoms with E-state index in [-0.39, 0.29) is 36.0 Å². The number of benzene rings is 1. The zero-order valence-corrected chi connectivity index (χ0v) is 19.0. The minimum absolute atomic E-state index is 0.0173. The fourth-order valence-electron chi connectivity index (χ4n) is 5.19. The summed E-state index contributed by atoms with van der Waals surface area (Å²) in [6.07, 6.45) is 5.53. The van der Waals surface area contributed by atoms with Gasteiger partial charge in [0.1, 0.15) is 12.1 Å². The highest BCUT2D eigenvalue weighted by Gasteiger charge is 2.44. The number of rotatable bonds is 5. The molecule has 0 aromatic heterocycles. The van der Waals surface area contributed by atoms with Crippen LogP contribution in [0.2, 0.25) is 0 Å². The van der Waals surface area contributed by atoms with Crippen molar-refractivity contribution in [3.63, 3.8) is 0 Å². The Hall–Kier alpha value is -2.45. The van der Waals surface area contributed by atoms with E-state index in [0.29, 0.717) is 12.8 Å². The molecule has 3 amide bonds. The number of carbonyl (C=O) groups is 3. The topological polar surface area (TPSA) is 103 Å². The second-order valence-electron chi connectivity index (χ2n) is 9.17. The molecule has 1 aromatic carbocycles. The van der Waals surface area contributed by atoms with Crippen molar-refractivity contribution >= 4 is 17.7 Å². The molecule has 2 aliphatic heterocycles. The molecule has 0 bridgehead atoms. The Kier molecular flexibility index (Phi) is 7.10. The van der Waals surface area contributed by atoms with Crippen LogP contribution in [0.15, 0.2) is 24.3 Å². The van der Waals surface area contributed by atoms with Crippen molar-refractivity contribution in [2.24, 2.45) is 0 Å². The monoisotopic (exact) mass is 441 g/mol. The van der Waals surface area contributed by atoms with Crippen molar-refractivity contribution in [1.82, 2.24) is 26.2 Å². The van der Waals surface area contributed by atoms with Gasteiger partial charge in [-0.3, -0.25) is 19.7 Å². The maximum absolute atomic E-state index is 13.5. The third-order valence-corrected chi connectivity index (χ3v) is 7.12. The largest absolute Gasteiger partial charge is 0.347 e. The van der Waals surface area contributed by atoms with Gasteiger partial charge in [0.25, 0.3) is 0 Å². The molecule has 1 aromatic rings. The maximum Gasteiger partial charge on any atom is 0.247 e. The number of hydrogen-bond donors (Lipinski definition) is 4. The predicted octanol–water partition coefficient (Wildman–Crippen LogP) is 0.973. The predicted molar refractivity (Wildman–Crippen MR) is 122 cm³/mol. The summed E-state index contributed by atoms with van der Waals surface area (Å²) in [6.45, 7) is 2.52. The van der Waals surface area contributed by atoms with Gasteiger partial charge in [0.05, 0.1) is 18.2 Å². The molecule has 174 valence electrons. The lowest BCUT2D eigenvalue weighted by Crippen LogP contribution is -2.61. The van der Waals surface area contributed by atoms with Gasteiger partial charge in [-0.05, 0) is 76.6 Å². The number of fused-ring (bicyclic) bond motifs is 2. The molecule has 4 N–H and O–H groups in total. The van der Waals surface area contributed by atoms with E-state index in [0.717, 1.165) is 38.6 Å². The minimum Gasteiger partial charge on any atom is -0.347 e. The molecule has 8 nitrogen and oxygen atoms in total. The number of aryl methyl sites for hydroxylation is 1. The van der Waals surface area contributed by atoms with Crippen LogP contribution in [-0.4, -0.2) is 60.5 Å². The Morgan fingerprint density at radius 2 is 1.84 bits per heavy atom. The van der Waals surface area contributed by atoms with Crippen LogP contribution in [0.4, 0.5) is 0 Å². The molecule has 0 radical (unpaired) electrons. The summed E-state index contributed by atoms with van der Waals surface area (Å²) in [7, 11) is 1.72. The quantitative estimate of drug-likeness (QED) is 0.545. The first-order chi connectivity index (χ1) is 15.5. The lowest BCUT2D eigenvalue weighted by Gasteiger charge is -2.36. The van der Waals surface area contributed by atoms with Gasteiger partial charge in [0, 0.05) is 0 Å². The highest BCUT2D eigenvalue weighted by Crippen LogP contribution is 2.31. The Balaban J connectivity index is 1.49. The number of amides is 3. The van der Waals surface area contributed by atoms with Crippen molar-refractivity contribution in [3.05, 3.63) is 35.4 Å². The van der Waals surface area contributed by atoms with E-state index in [1.54, 1.807) is 18.9 Å². The molecule has 2 heterocycles. The fraction of sp³-hybridized carbons (Fsp3) is 0.625. The van der Waals surface area contributed by atoms with Gasteiger partial charge in [-0.1, -0.05) is 24.3 Å². The molecule has 4 rings (SSSR count). The average Bonchev–Trinajstić information content (AvgIpc) is 3.22. The fourth-order valence-corrected chi connectivity index (χ4v) is 5.19. The first-order valence-electron chi connectivity index (χ1n) is 11.9. The standard InChI is InChI=1S/C24H35N5O3/c1-15(25-2)22(30)28-19-11-6-14-26-21-13-12-20(29(21)24(19)32)23(31)27-18-10-5-8-16-7-3-4-9-17(16)18/h3-4,7,9,15,18-21,25-26H,5-6,8,10-14H2,1-2H3,(H,27,31)(H,28,30)/t15-,18?,19-,20?,21?/m0/s1. The molecular formula is C24H35N5O3. The van der Waals surface area contributed by atoms with E-state index in [2.05, 4.69) is 33.4 Å². The lowest BCUT2D eigenvalue weighted by atomic mass is 9.87. The summed E-state index contributed by atoms with van der Waals surface area (Å²) in [5.74, 6) is -0.464. The molecule has 2 fully saturated rings. The zero-order chi connectivity index (χ0) is 22.7.